The van der Waals surface area contributed by atoms with E-state index in [2.05, 4.69) is 10.6 Å². The Labute approximate surface area is 198 Å². The Kier molecular flexibility index (Phi) is 10.0. The highest BCUT2D eigenvalue weighted by Gasteiger charge is 2.20. The van der Waals surface area contributed by atoms with Gasteiger partial charge in [0.15, 0.2) is 29.1 Å². The number of benzene rings is 2. The third kappa shape index (κ3) is 7.29. The molecule has 0 heterocycles. The zero-order valence-electron chi connectivity index (χ0n) is 19.9. The van der Waals surface area contributed by atoms with Gasteiger partial charge in [0.1, 0.15) is 6.54 Å². The number of anilines is 1. The maximum Gasteiger partial charge on any atom is 0.326 e. The zero-order chi connectivity index (χ0) is 25.1. The molecule has 2 aromatic rings. The number of esters is 1. The summed E-state index contributed by atoms with van der Waals surface area (Å²) in [5.74, 6) is 0.100. The highest BCUT2D eigenvalue weighted by atomic mass is 16.5. The number of amides is 2. The molecule has 1 unspecified atom stereocenters. The topological polar surface area (TPSA) is 121 Å². The lowest BCUT2D eigenvalue weighted by Gasteiger charge is -2.15. The van der Waals surface area contributed by atoms with Gasteiger partial charge in [-0.05, 0) is 51.1 Å². The van der Waals surface area contributed by atoms with Crippen LogP contribution >= 0.6 is 0 Å². The lowest BCUT2D eigenvalue weighted by Crippen LogP contribution is -2.35. The van der Waals surface area contributed by atoms with Gasteiger partial charge in [-0.1, -0.05) is 0 Å². The molecule has 0 bridgehead atoms. The minimum atomic E-state index is -1.09. The molecule has 0 saturated carbocycles. The van der Waals surface area contributed by atoms with Crippen LogP contribution in [0, 0.1) is 0 Å². The Bertz CT molecular complexity index is 1010. The molecule has 0 fully saturated rings. The molecule has 184 valence electrons. The van der Waals surface area contributed by atoms with Crippen molar-refractivity contribution in [2.75, 3.05) is 39.3 Å². The summed E-state index contributed by atoms with van der Waals surface area (Å²) < 4.78 is 26.5. The van der Waals surface area contributed by atoms with Crippen molar-refractivity contribution in [1.29, 1.82) is 0 Å². The van der Waals surface area contributed by atoms with Crippen LogP contribution in [0.4, 0.5) is 5.69 Å². The third-order valence-electron chi connectivity index (χ3n) is 4.53. The molecular weight excluding hydrogens is 444 g/mol. The van der Waals surface area contributed by atoms with Crippen molar-refractivity contribution in [3.8, 4) is 23.0 Å². The third-order valence-corrected chi connectivity index (χ3v) is 4.53. The van der Waals surface area contributed by atoms with E-state index in [-0.39, 0.29) is 0 Å². The Hall–Kier alpha value is -3.95. The molecule has 0 radical (unpaired) electrons. The highest BCUT2D eigenvalue weighted by molar-refractivity contribution is 5.97. The summed E-state index contributed by atoms with van der Waals surface area (Å²) >= 11 is 0. The van der Waals surface area contributed by atoms with Gasteiger partial charge in [-0.3, -0.25) is 14.4 Å². The fourth-order valence-electron chi connectivity index (χ4n) is 2.90. The van der Waals surface area contributed by atoms with E-state index in [1.165, 1.54) is 27.2 Å². The lowest BCUT2D eigenvalue weighted by molar-refractivity contribution is -0.152. The van der Waals surface area contributed by atoms with Crippen molar-refractivity contribution < 1.29 is 38.1 Å². The van der Waals surface area contributed by atoms with E-state index in [0.717, 1.165) is 0 Å². The number of rotatable bonds is 12. The standard InChI is InChI=1S/C24H30N2O8/c1-6-32-19-10-8-16(12-21(19)33-7-2)24(29)25-14-22(27)34-15(3)23(28)26-17-9-11-18(30-4)20(13-17)31-5/h8-13,15H,6-7,14H2,1-5H3,(H,25,29)(H,26,28). The van der Waals surface area contributed by atoms with Gasteiger partial charge >= 0.3 is 5.97 Å². The molecule has 0 spiro atoms. The van der Waals surface area contributed by atoms with E-state index in [9.17, 15) is 14.4 Å². The summed E-state index contributed by atoms with van der Waals surface area (Å²) in [5, 5.41) is 5.10. The summed E-state index contributed by atoms with van der Waals surface area (Å²) in [6.07, 6.45) is -1.09. The van der Waals surface area contributed by atoms with Crippen molar-refractivity contribution in [3.05, 3.63) is 42.0 Å². The van der Waals surface area contributed by atoms with E-state index in [4.69, 9.17) is 23.7 Å². The Morgan fingerprint density at radius 3 is 2.15 bits per heavy atom. The summed E-state index contributed by atoms with van der Waals surface area (Å²) in [7, 11) is 2.98. The molecule has 1 atom stereocenters. The van der Waals surface area contributed by atoms with E-state index in [0.29, 0.717) is 47.5 Å². The molecule has 2 amide bonds. The minimum Gasteiger partial charge on any atom is -0.493 e. The fraction of sp³-hybridized carbons (Fsp3) is 0.375. The largest absolute Gasteiger partial charge is 0.493 e. The number of ether oxygens (including phenoxy) is 5. The van der Waals surface area contributed by atoms with Crippen LogP contribution in [0.25, 0.3) is 0 Å². The first-order valence-corrected chi connectivity index (χ1v) is 10.7. The van der Waals surface area contributed by atoms with Crippen LogP contribution in [-0.4, -0.2) is 57.9 Å². The van der Waals surface area contributed by atoms with Gasteiger partial charge in [0.25, 0.3) is 11.8 Å². The van der Waals surface area contributed by atoms with Gasteiger partial charge in [0, 0.05) is 17.3 Å². The quantitative estimate of drug-likeness (QED) is 0.451. The average molecular weight is 475 g/mol. The number of nitrogens with one attached hydrogen (secondary N) is 2. The Morgan fingerprint density at radius 2 is 1.50 bits per heavy atom. The predicted molar refractivity (Wildman–Crippen MR) is 125 cm³/mol. The van der Waals surface area contributed by atoms with Crippen LogP contribution in [0.1, 0.15) is 31.1 Å². The van der Waals surface area contributed by atoms with Gasteiger partial charge in [-0.15, -0.1) is 0 Å². The number of carbonyl (C=O) groups is 3. The summed E-state index contributed by atoms with van der Waals surface area (Å²) in [5.41, 5.74) is 0.735. The predicted octanol–water partition coefficient (Wildman–Crippen LogP) is 2.80. The lowest BCUT2D eigenvalue weighted by atomic mass is 10.2. The van der Waals surface area contributed by atoms with Crippen molar-refractivity contribution >= 4 is 23.5 Å². The zero-order valence-corrected chi connectivity index (χ0v) is 19.9. The van der Waals surface area contributed by atoms with Crippen molar-refractivity contribution in [3.63, 3.8) is 0 Å². The van der Waals surface area contributed by atoms with E-state index < -0.39 is 30.4 Å². The smallest absolute Gasteiger partial charge is 0.326 e. The van der Waals surface area contributed by atoms with Crippen LogP contribution in [0.3, 0.4) is 0 Å². The van der Waals surface area contributed by atoms with Crippen LogP contribution < -0.4 is 29.6 Å². The van der Waals surface area contributed by atoms with Crippen molar-refractivity contribution in [2.24, 2.45) is 0 Å². The molecular formula is C24H30N2O8. The molecule has 0 aliphatic rings. The maximum absolute atomic E-state index is 12.4. The SMILES string of the molecule is CCOc1ccc(C(=O)NCC(=O)OC(C)C(=O)Nc2ccc(OC)c(OC)c2)cc1OCC. The highest BCUT2D eigenvalue weighted by Crippen LogP contribution is 2.30. The van der Waals surface area contributed by atoms with Crippen LogP contribution in [0.15, 0.2) is 36.4 Å². The van der Waals surface area contributed by atoms with Gasteiger partial charge in [0.2, 0.25) is 0 Å². The first-order valence-electron chi connectivity index (χ1n) is 10.7. The normalized spacial score (nSPS) is 11.1. The van der Waals surface area contributed by atoms with Gasteiger partial charge in [-0.2, -0.15) is 0 Å². The minimum absolute atomic E-state index is 0.291. The maximum atomic E-state index is 12.4. The monoisotopic (exact) mass is 474 g/mol. The second-order valence-corrected chi connectivity index (χ2v) is 6.90. The average Bonchev–Trinajstić information content (AvgIpc) is 2.83. The fourth-order valence-corrected chi connectivity index (χ4v) is 2.90. The first-order chi connectivity index (χ1) is 16.3. The van der Waals surface area contributed by atoms with E-state index in [1.54, 1.807) is 30.3 Å². The molecule has 2 rings (SSSR count). The molecule has 34 heavy (non-hydrogen) atoms. The Morgan fingerprint density at radius 1 is 0.853 bits per heavy atom. The number of carbonyl (C=O) groups excluding carboxylic acids is 3. The van der Waals surface area contributed by atoms with Crippen LogP contribution in [-0.2, 0) is 14.3 Å². The molecule has 10 heteroatoms. The Balaban J connectivity index is 1.90. The first kappa shape index (κ1) is 26.3. The number of hydrogen-bond donors (Lipinski definition) is 2. The van der Waals surface area contributed by atoms with E-state index in [1.807, 2.05) is 13.8 Å². The molecule has 0 aromatic heterocycles. The van der Waals surface area contributed by atoms with Gasteiger partial charge < -0.3 is 34.3 Å². The molecule has 2 N–H and O–H groups in total. The van der Waals surface area contributed by atoms with Crippen LogP contribution in [0.5, 0.6) is 23.0 Å². The molecule has 0 aliphatic carbocycles. The van der Waals surface area contributed by atoms with Crippen molar-refractivity contribution in [1.82, 2.24) is 5.32 Å². The summed E-state index contributed by atoms with van der Waals surface area (Å²) in [4.78, 5) is 36.9. The van der Waals surface area contributed by atoms with Gasteiger partial charge in [0.05, 0.1) is 27.4 Å². The second kappa shape index (κ2) is 12.9. The molecule has 0 saturated heterocycles. The van der Waals surface area contributed by atoms with E-state index >= 15 is 0 Å². The summed E-state index contributed by atoms with van der Waals surface area (Å²) in [6.45, 7) is 5.54. The van der Waals surface area contributed by atoms with Crippen molar-refractivity contribution in [2.45, 2.75) is 26.9 Å². The summed E-state index contributed by atoms with van der Waals surface area (Å²) in [6, 6.07) is 9.57. The number of hydrogen-bond acceptors (Lipinski definition) is 8. The second-order valence-electron chi connectivity index (χ2n) is 6.90. The molecule has 2 aromatic carbocycles. The van der Waals surface area contributed by atoms with Gasteiger partial charge in [-0.25, -0.2) is 0 Å². The number of methoxy groups -OCH3 is 2. The molecule has 0 aliphatic heterocycles. The molecule has 10 nitrogen and oxygen atoms in total. The van der Waals surface area contributed by atoms with Crippen LogP contribution in [0.2, 0.25) is 0 Å².